The van der Waals surface area contributed by atoms with Gasteiger partial charge in [-0.15, -0.1) is 0 Å². The highest BCUT2D eigenvalue weighted by atomic mass is 35.5. The summed E-state index contributed by atoms with van der Waals surface area (Å²) in [5.41, 5.74) is 0.811. The minimum absolute atomic E-state index is 0.0521. The number of nitrogens with zero attached hydrogens (tertiary/aromatic N) is 1. The molecule has 0 saturated carbocycles. The largest absolute Gasteiger partial charge is 0.358 e. The quantitative estimate of drug-likeness (QED) is 0.635. The number of carbonyl (C=O) groups excluding carboxylic acids is 1. The monoisotopic (exact) mass is 311 g/mol. The van der Waals surface area contributed by atoms with Crippen molar-refractivity contribution >= 4 is 33.2 Å². The van der Waals surface area contributed by atoms with Crippen molar-refractivity contribution in [2.45, 2.75) is 11.8 Å². The lowest BCUT2D eigenvalue weighted by molar-refractivity contribution is -0.110. The summed E-state index contributed by atoms with van der Waals surface area (Å²) < 4.78 is 28.4. The molecule has 0 N–H and O–H groups in total. The highest BCUT2D eigenvalue weighted by molar-refractivity contribution is 7.86. The van der Waals surface area contributed by atoms with E-state index in [4.69, 9.17) is 11.6 Å². The molecule has 1 aromatic rings. The maximum Gasteiger partial charge on any atom is 0.358 e. The summed E-state index contributed by atoms with van der Waals surface area (Å²) >= 11 is 5.68. The summed E-state index contributed by atoms with van der Waals surface area (Å²) in [6.45, 7) is 1.64. The number of rotatable bonds is 3. The Bertz CT molecular complexity index is 730. The summed E-state index contributed by atoms with van der Waals surface area (Å²) in [6.07, 6.45) is 4.02. The van der Waals surface area contributed by atoms with Crippen molar-refractivity contribution in [3.63, 3.8) is 0 Å². The molecule has 0 aromatic heterocycles. The van der Waals surface area contributed by atoms with Crippen molar-refractivity contribution in [1.29, 1.82) is 0 Å². The first-order chi connectivity index (χ1) is 9.38. The Hall–Kier alpha value is -1.92. The van der Waals surface area contributed by atoms with Crippen LogP contribution in [0.5, 0.6) is 0 Å². The van der Waals surface area contributed by atoms with Crippen molar-refractivity contribution in [2.75, 3.05) is 0 Å². The van der Waals surface area contributed by atoms with Crippen molar-refractivity contribution < 1.29 is 17.5 Å². The number of hydrogen-bond donors (Lipinski definition) is 0. The Labute approximate surface area is 121 Å². The van der Waals surface area contributed by atoms with Gasteiger partial charge in [0.2, 0.25) is 0 Å². The molecule has 0 atom stereocenters. The number of allylic oxidation sites excluding steroid dienone is 4. The van der Waals surface area contributed by atoms with Crippen LogP contribution in [0.4, 0.5) is 0 Å². The lowest BCUT2D eigenvalue weighted by atomic mass is 10.1. The fraction of sp³-hybridized carbons (Fsp3) is 0.0769. The number of ketones is 1. The van der Waals surface area contributed by atoms with E-state index in [0.29, 0.717) is 10.6 Å². The second-order valence-electron chi connectivity index (χ2n) is 4.02. The fourth-order valence-corrected chi connectivity index (χ4v) is 2.32. The van der Waals surface area contributed by atoms with Crippen LogP contribution in [0.1, 0.15) is 6.92 Å². The summed E-state index contributed by atoms with van der Waals surface area (Å²) in [5, 5.41) is 3.98. The predicted molar refractivity (Wildman–Crippen MR) is 75.1 cm³/mol. The molecule has 1 aliphatic rings. The number of carbonyl (C=O) groups is 1. The molecule has 0 aliphatic heterocycles. The molecule has 0 radical (unpaired) electrons. The van der Waals surface area contributed by atoms with Crippen molar-refractivity contribution in [1.82, 2.24) is 0 Å². The summed E-state index contributed by atoms with van der Waals surface area (Å²) in [7, 11) is -4.01. The van der Waals surface area contributed by atoms with E-state index in [1.807, 2.05) is 0 Å². The van der Waals surface area contributed by atoms with Gasteiger partial charge in [-0.3, -0.25) is 9.08 Å². The van der Waals surface area contributed by atoms with E-state index in [-0.39, 0.29) is 16.4 Å². The van der Waals surface area contributed by atoms with Gasteiger partial charge in [0.15, 0.2) is 5.78 Å². The zero-order valence-corrected chi connectivity index (χ0v) is 12.0. The van der Waals surface area contributed by atoms with Gasteiger partial charge in [-0.1, -0.05) is 16.8 Å². The Balaban J connectivity index is 2.22. The standard InChI is InChI=1S/C13H10ClNO4S/c1-9-8-11(16)4-7-13(9)15-19-20(17,18)12-5-2-10(14)3-6-12/h2-8H,1H3/b15-13-. The van der Waals surface area contributed by atoms with Crippen molar-refractivity contribution in [3.05, 3.63) is 53.1 Å². The van der Waals surface area contributed by atoms with Gasteiger partial charge in [0, 0.05) is 5.02 Å². The number of hydrogen-bond acceptors (Lipinski definition) is 5. The minimum Gasteiger partial charge on any atom is -0.290 e. The lowest BCUT2D eigenvalue weighted by Crippen LogP contribution is -2.09. The van der Waals surface area contributed by atoms with E-state index in [9.17, 15) is 13.2 Å². The first kappa shape index (κ1) is 14.5. The first-order valence-corrected chi connectivity index (χ1v) is 7.35. The molecule has 1 aliphatic carbocycles. The Morgan fingerprint density at radius 2 is 1.80 bits per heavy atom. The molecule has 7 heteroatoms. The Kier molecular flexibility index (Phi) is 4.06. The van der Waals surface area contributed by atoms with Gasteiger partial charge in [-0.25, -0.2) is 0 Å². The van der Waals surface area contributed by atoms with Crippen LogP contribution in [-0.4, -0.2) is 19.9 Å². The third-order valence-corrected chi connectivity index (χ3v) is 3.88. The van der Waals surface area contributed by atoms with Gasteiger partial charge in [0.1, 0.15) is 10.6 Å². The average molecular weight is 312 g/mol. The molecule has 0 heterocycles. The summed E-state index contributed by atoms with van der Waals surface area (Å²) in [5.74, 6) is -0.179. The van der Waals surface area contributed by atoms with Crippen LogP contribution in [0.25, 0.3) is 0 Å². The van der Waals surface area contributed by atoms with E-state index in [0.717, 1.165) is 0 Å². The first-order valence-electron chi connectivity index (χ1n) is 5.56. The zero-order valence-electron chi connectivity index (χ0n) is 10.4. The van der Waals surface area contributed by atoms with Gasteiger partial charge in [0.05, 0.1) is 0 Å². The minimum atomic E-state index is -4.01. The Morgan fingerprint density at radius 1 is 1.15 bits per heavy atom. The molecule has 0 amide bonds. The van der Waals surface area contributed by atoms with E-state index in [1.165, 1.54) is 42.5 Å². The third kappa shape index (κ3) is 3.34. The second kappa shape index (κ2) is 5.60. The molecular formula is C13H10ClNO4S. The smallest absolute Gasteiger partial charge is 0.290 e. The van der Waals surface area contributed by atoms with E-state index < -0.39 is 10.1 Å². The van der Waals surface area contributed by atoms with Crippen LogP contribution >= 0.6 is 11.6 Å². The molecule has 5 nitrogen and oxygen atoms in total. The maximum absolute atomic E-state index is 11.9. The summed E-state index contributed by atoms with van der Waals surface area (Å²) in [6, 6.07) is 5.52. The number of oxime groups is 1. The Morgan fingerprint density at radius 3 is 2.40 bits per heavy atom. The number of halogens is 1. The highest BCUT2D eigenvalue weighted by Crippen LogP contribution is 2.17. The van der Waals surface area contributed by atoms with E-state index in [2.05, 4.69) is 9.44 Å². The molecule has 1 aromatic carbocycles. The van der Waals surface area contributed by atoms with Crippen LogP contribution in [0.15, 0.2) is 58.1 Å². The normalized spacial score (nSPS) is 17.2. The molecule has 20 heavy (non-hydrogen) atoms. The van der Waals surface area contributed by atoms with Gasteiger partial charge in [-0.2, -0.15) is 8.42 Å². The molecule has 0 saturated heterocycles. The van der Waals surface area contributed by atoms with Gasteiger partial charge < -0.3 is 0 Å². The van der Waals surface area contributed by atoms with Crippen molar-refractivity contribution in [3.8, 4) is 0 Å². The third-order valence-electron chi connectivity index (χ3n) is 2.50. The zero-order chi connectivity index (χ0) is 14.8. The second-order valence-corrected chi connectivity index (χ2v) is 5.99. The van der Waals surface area contributed by atoms with Crippen LogP contribution < -0.4 is 0 Å². The van der Waals surface area contributed by atoms with Gasteiger partial charge in [-0.05, 0) is 55.0 Å². The van der Waals surface area contributed by atoms with Gasteiger partial charge >= 0.3 is 10.1 Å². The van der Waals surface area contributed by atoms with Crippen LogP contribution in [0.3, 0.4) is 0 Å². The summed E-state index contributed by atoms with van der Waals surface area (Å²) in [4.78, 5) is 11.0. The predicted octanol–water partition coefficient (Wildman–Crippen LogP) is 2.49. The number of benzene rings is 1. The molecule has 0 spiro atoms. The van der Waals surface area contributed by atoms with E-state index in [1.54, 1.807) is 6.92 Å². The molecule has 104 valence electrons. The SMILES string of the molecule is CC1=CC(=O)C=C/C1=N/OS(=O)(=O)c1ccc(Cl)cc1. The molecule has 2 rings (SSSR count). The fourth-order valence-electron chi connectivity index (χ4n) is 1.46. The van der Waals surface area contributed by atoms with Crippen molar-refractivity contribution in [2.24, 2.45) is 5.16 Å². The van der Waals surface area contributed by atoms with Crippen LogP contribution in [-0.2, 0) is 19.2 Å². The molecular weight excluding hydrogens is 302 g/mol. The van der Waals surface area contributed by atoms with E-state index >= 15 is 0 Å². The average Bonchev–Trinajstić information content (AvgIpc) is 2.38. The van der Waals surface area contributed by atoms with Crippen LogP contribution in [0.2, 0.25) is 5.02 Å². The van der Waals surface area contributed by atoms with Crippen LogP contribution in [0, 0.1) is 0 Å². The van der Waals surface area contributed by atoms with Gasteiger partial charge in [0.25, 0.3) is 0 Å². The topological polar surface area (TPSA) is 72.8 Å². The lowest BCUT2D eigenvalue weighted by Gasteiger charge is -2.06. The molecule has 0 bridgehead atoms. The maximum atomic E-state index is 11.9. The highest BCUT2D eigenvalue weighted by Gasteiger charge is 2.16. The molecule has 0 unspecified atom stereocenters. The molecule has 0 fully saturated rings.